The molecule has 94 valence electrons. The Morgan fingerprint density at radius 2 is 2.41 bits per heavy atom. The molecular formula is C12H18N2OS2. The largest absolute Gasteiger partial charge is 0.393 e. The molecule has 1 amide bonds. The Morgan fingerprint density at radius 3 is 2.94 bits per heavy atom. The first kappa shape index (κ1) is 14.1. The van der Waals surface area contributed by atoms with Crippen molar-refractivity contribution in [3.05, 3.63) is 22.4 Å². The molecule has 1 heterocycles. The number of amides is 1. The fourth-order valence-corrected chi connectivity index (χ4v) is 2.51. The molecule has 1 atom stereocenters. The maximum atomic E-state index is 11.8. The summed E-state index contributed by atoms with van der Waals surface area (Å²) in [5.41, 5.74) is 5.56. The highest BCUT2D eigenvalue weighted by molar-refractivity contribution is 7.80. The summed E-state index contributed by atoms with van der Waals surface area (Å²) in [4.78, 5) is 13.4. The van der Waals surface area contributed by atoms with Crippen LogP contribution < -0.4 is 11.1 Å². The monoisotopic (exact) mass is 270 g/mol. The molecule has 3 N–H and O–H groups in total. The number of rotatable bonds is 7. The van der Waals surface area contributed by atoms with Crippen LogP contribution in [-0.2, 0) is 11.2 Å². The molecule has 0 aliphatic rings. The van der Waals surface area contributed by atoms with Gasteiger partial charge in [0.15, 0.2) is 0 Å². The van der Waals surface area contributed by atoms with Crippen LogP contribution in [-0.4, -0.2) is 17.4 Å². The molecule has 0 aliphatic carbocycles. The molecule has 5 heteroatoms. The van der Waals surface area contributed by atoms with Gasteiger partial charge in [0.1, 0.15) is 0 Å². The molecule has 1 rings (SSSR count). The quantitative estimate of drug-likeness (QED) is 0.746. The first-order chi connectivity index (χ1) is 8.15. The Kier molecular flexibility index (Phi) is 6.15. The maximum absolute atomic E-state index is 11.8. The Bertz CT molecular complexity index is 363. The molecule has 0 fully saturated rings. The Labute approximate surface area is 111 Å². The summed E-state index contributed by atoms with van der Waals surface area (Å²) in [6.07, 6.45) is 2.49. The topological polar surface area (TPSA) is 55.1 Å². The van der Waals surface area contributed by atoms with Crippen molar-refractivity contribution in [2.24, 2.45) is 11.7 Å². The predicted octanol–water partition coefficient (Wildman–Crippen LogP) is 2.11. The van der Waals surface area contributed by atoms with Gasteiger partial charge in [0.2, 0.25) is 5.91 Å². The minimum atomic E-state index is -0.321. The predicted molar refractivity (Wildman–Crippen MR) is 76.2 cm³/mol. The van der Waals surface area contributed by atoms with Gasteiger partial charge in [-0.1, -0.05) is 31.6 Å². The summed E-state index contributed by atoms with van der Waals surface area (Å²) in [6.45, 7) is 2.66. The van der Waals surface area contributed by atoms with Crippen molar-refractivity contribution in [2.75, 3.05) is 6.54 Å². The number of thiocarbonyl (C=S) groups is 1. The fraction of sp³-hybridized carbons (Fsp3) is 0.500. The van der Waals surface area contributed by atoms with Crippen LogP contribution in [0.4, 0.5) is 0 Å². The number of hydrogen-bond donors (Lipinski definition) is 2. The molecule has 1 aromatic rings. The van der Waals surface area contributed by atoms with Gasteiger partial charge < -0.3 is 11.1 Å². The molecule has 17 heavy (non-hydrogen) atoms. The van der Waals surface area contributed by atoms with Gasteiger partial charge in [-0.15, -0.1) is 11.3 Å². The average molecular weight is 270 g/mol. The van der Waals surface area contributed by atoms with Crippen molar-refractivity contribution in [1.82, 2.24) is 5.32 Å². The molecule has 1 unspecified atom stereocenters. The summed E-state index contributed by atoms with van der Waals surface area (Å²) in [6, 6.07) is 4.07. The summed E-state index contributed by atoms with van der Waals surface area (Å²) in [5.74, 6) is -0.366. The second-order valence-electron chi connectivity index (χ2n) is 3.86. The van der Waals surface area contributed by atoms with E-state index in [9.17, 15) is 4.79 Å². The Balaban J connectivity index is 2.34. The van der Waals surface area contributed by atoms with Crippen molar-refractivity contribution in [3.63, 3.8) is 0 Å². The lowest BCUT2D eigenvalue weighted by Crippen LogP contribution is -2.38. The van der Waals surface area contributed by atoms with E-state index in [4.69, 9.17) is 18.0 Å². The molecule has 3 nitrogen and oxygen atoms in total. The lowest BCUT2D eigenvalue weighted by molar-refractivity contribution is -0.123. The second-order valence-corrected chi connectivity index (χ2v) is 5.37. The molecule has 0 aliphatic heterocycles. The van der Waals surface area contributed by atoms with Gasteiger partial charge >= 0.3 is 0 Å². The van der Waals surface area contributed by atoms with Crippen molar-refractivity contribution in [1.29, 1.82) is 0 Å². The first-order valence-corrected chi connectivity index (χ1v) is 7.03. The lowest BCUT2D eigenvalue weighted by atomic mass is 10.0. The molecule has 0 radical (unpaired) electrons. The van der Waals surface area contributed by atoms with E-state index in [2.05, 4.69) is 11.4 Å². The third-order valence-electron chi connectivity index (χ3n) is 2.49. The molecule has 0 aromatic carbocycles. The van der Waals surface area contributed by atoms with E-state index in [-0.39, 0.29) is 11.8 Å². The zero-order valence-electron chi connectivity index (χ0n) is 9.94. The summed E-state index contributed by atoms with van der Waals surface area (Å²) >= 11 is 6.61. The summed E-state index contributed by atoms with van der Waals surface area (Å²) in [5, 5.41) is 4.92. The van der Waals surface area contributed by atoms with Crippen LogP contribution in [0.3, 0.4) is 0 Å². The number of hydrogen-bond acceptors (Lipinski definition) is 3. The zero-order valence-corrected chi connectivity index (χ0v) is 11.6. The van der Waals surface area contributed by atoms with Gasteiger partial charge in [-0.2, -0.15) is 0 Å². The fourth-order valence-electron chi connectivity index (χ4n) is 1.58. The van der Waals surface area contributed by atoms with Gasteiger partial charge in [-0.05, 0) is 24.3 Å². The van der Waals surface area contributed by atoms with E-state index in [0.717, 1.165) is 19.3 Å². The number of carbonyl (C=O) groups is 1. The molecule has 0 spiro atoms. The van der Waals surface area contributed by atoms with Crippen molar-refractivity contribution >= 4 is 34.5 Å². The highest BCUT2D eigenvalue weighted by atomic mass is 32.1. The lowest BCUT2D eigenvalue weighted by Gasteiger charge is -2.14. The van der Waals surface area contributed by atoms with Gasteiger partial charge in [0.05, 0.1) is 10.9 Å². The van der Waals surface area contributed by atoms with Crippen LogP contribution in [0.25, 0.3) is 0 Å². The number of nitrogens with one attached hydrogen (secondary N) is 1. The maximum Gasteiger partial charge on any atom is 0.229 e. The van der Waals surface area contributed by atoms with E-state index < -0.39 is 0 Å². The third-order valence-corrected chi connectivity index (χ3v) is 3.71. The van der Waals surface area contributed by atoms with Gasteiger partial charge in [0, 0.05) is 11.4 Å². The smallest absolute Gasteiger partial charge is 0.229 e. The molecule has 1 aromatic heterocycles. The number of thiophene rings is 1. The van der Waals surface area contributed by atoms with Crippen molar-refractivity contribution in [2.45, 2.75) is 26.2 Å². The van der Waals surface area contributed by atoms with E-state index in [1.807, 2.05) is 18.4 Å². The van der Waals surface area contributed by atoms with E-state index in [1.165, 1.54) is 4.88 Å². The van der Waals surface area contributed by atoms with E-state index in [1.54, 1.807) is 11.3 Å². The van der Waals surface area contributed by atoms with E-state index in [0.29, 0.717) is 11.5 Å². The molecule has 0 bridgehead atoms. The highest BCUT2D eigenvalue weighted by Gasteiger charge is 2.19. The summed E-state index contributed by atoms with van der Waals surface area (Å²) < 4.78 is 0. The highest BCUT2D eigenvalue weighted by Crippen LogP contribution is 2.09. The molecular weight excluding hydrogens is 252 g/mol. The average Bonchev–Trinajstić information content (AvgIpc) is 2.78. The van der Waals surface area contributed by atoms with Gasteiger partial charge in [0.25, 0.3) is 0 Å². The third kappa shape index (κ3) is 4.83. The van der Waals surface area contributed by atoms with Crippen LogP contribution in [0.2, 0.25) is 0 Å². The van der Waals surface area contributed by atoms with Crippen LogP contribution >= 0.6 is 23.6 Å². The van der Waals surface area contributed by atoms with Crippen LogP contribution in [0, 0.1) is 5.92 Å². The second kappa shape index (κ2) is 7.40. The standard InChI is InChI=1S/C12H18N2OS2/c1-2-4-10(11(13)16)12(15)14-7-6-9-5-3-8-17-9/h3,5,8,10H,2,4,6-7H2,1H3,(H2,13,16)(H,14,15). The molecule has 0 saturated heterocycles. The number of nitrogens with two attached hydrogens (primary N) is 1. The minimum absolute atomic E-state index is 0.0455. The first-order valence-electron chi connectivity index (χ1n) is 5.74. The van der Waals surface area contributed by atoms with Gasteiger partial charge in [-0.25, -0.2) is 0 Å². The van der Waals surface area contributed by atoms with Crippen LogP contribution in [0.1, 0.15) is 24.6 Å². The zero-order chi connectivity index (χ0) is 12.7. The minimum Gasteiger partial charge on any atom is -0.393 e. The number of carbonyl (C=O) groups excluding carboxylic acids is 1. The Morgan fingerprint density at radius 1 is 1.65 bits per heavy atom. The van der Waals surface area contributed by atoms with Gasteiger partial charge in [-0.3, -0.25) is 4.79 Å². The van der Waals surface area contributed by atoms with E-state index >= 15 is 0 Å². The van der Waals surface area contributed by atoms with Crippen molar-refractivity contribution < 1.29 is 4.79 Å². The molecule has 0 saturated carbocycles. The van der Waals surface area contributed by atoms with Crippen molar-refractivity contribution in [3.8, 4) is 0 Å². The SMILES string of the molecule is CCCC(C(=O)NCCc1cccs1)C(N)=S. The van der Waals surface area contributed by atoms with Crippen LogP contribution in [0.15, 0.2) is 17.5 Å². The normalized spacial score (nSPS) is 12.1. The Hall–Kier alpha value is -0.940. The summed E-state index contributed by atoms with van der Waals surface area (Å²) in [7, 11) is 0. The van der Waals surface area contributed by atoms with Crippen LogP contribution in [0.5, 0.6) is 0 Å².